The minimum absolute atomic E-state index is 0.315. The molecule has 0 spiro atoms. The van der Waals surface area contributed by atoms with Crippen molar-refractivity contribution in [2.45, 2.75) is 13.3 Å². The summed E-state index contributed by atoms with van der Waals surface area (Å²) in [6.45, 7) is 2.64. The third-order valence-electron chi connectivity index (χ3n) is 5.51. The average molecular weight is 411 g/mol. The van der Waals surface area contributed by atoms with Crippen molar-refractivity contribution in [3.8, 4) is 23.0 Å². The first-order chi connectivity index (χ1) is 14.6. The van der Waals surface area contributed by atoms with Crippen LogP contribution in [0.3, 0.4) is 0 Å². The minimum atomic E-state index is -0.362. The van der Waals surface area contributed by atoms with Gasteiger partial charge in [0.25, 0.3) is 0 Å². The van der Waals surface area contributed by atoms with Crippen molar-refractivity contribution in [3.63, 3.8) is 0 Å². The van der Waals surface area contributed by atoms with Crippen LogP contribution in [0.25, 0.3) is 21.5 Å². The third kappa shape index (κ3) is 2.93. The standard InChI is InChI=1S/C23H25NO6/c1-6-30-23(25)24-8-7-13-10-19(28-4)22(29-5)21-15-12-18(27-3)17(26-2)11-14(15)9-16(24)20(13)21/h9-12H,6-8H2,1-5H3. The topological polar surface area (TPSA) is 66.5 Å². The van der Waals surface area contributed by atoms with Crippen LogP contribution in [0.2, 0.25) is 0 Å². The second-order valence-corrected chi connectivity index (χ2v) is 6.95. The molecule has 3 aromatic carbocycles. The molecule has 0 aliphatic carbocycles. The van der Waals surface area contributed by atoms with Gasteiger partial charge in [0.05, 0.1) is 40.7 Å². The molecule has 0 bridgehead atoms. The van der Waals surface area contributed by atoms with E-state index >= 15 is 0 Å². The van der Waals surface area contributed by atoms with Crippen molar-refractivity contribution in [2.75, 3.05) is 46.5 Å². The molecule has 7 heteroatoms. The average Bonchev–Trinajstić information content (AvgIpc) is 2.77. The Morgan fingerprint density at radius 3 is 2.23 bits per heavy atom. The monoisotopic (exact) mass is 411 g/mol. The number of rotatable bonds is 5. The summed E-state index contributed by atoms with van der Waals surface area (Å²) in [6.07, 6.45) is 0.320. The number of anilines is 1. The van der Waals surface area contributed by atoms with Gasteiger partial charge in [-0.25, -0.2) is 4.79 Å². The van der Waals surface area contributed by atoms with Crippen molar-refractivity contribution in [1.29, 1.82) is 0 Å². The zero-order valence-electron chi connectivity index (χ0n) is 17.8. The summed E-state index contributed by atoms with van der Waals surface area (Å²) in [5.41, 5.74) is 1.88. The van der Waals surface area contributed by atoms with E-state index in [0.717, 1.165) is 32.8 Å². The van der Waals surface area contributed by atoms with Crippen LogP contribution in [0.1, 0.15) is 12.5 Å². The van der Waals surface area contributed by atoms with Crippen LogP contribution < -0.4 is 23.8 Å². The molecule has 0 atom stereocenters. The number of hydrogen-bond donors (Lipinski definition) is 0. The highest BCUT2D eigenvalue weighted by atomic mass is 16.6. The van der Waals surface area contributed by atoms with Gasteiger partial charge in [-0.1, -0.05) is 0 Å². The third-order valence-corrected chi connectivity index (χ3v) is 5.51. The number of methoxy groups -OCH3 is 4. The summed E-state index contributed by atoms with van der Waals surface area (Å²) in [7, 11) is 6.45. The Balaban J connectivity index is 2.17. The largest absolute Gasteiger partial charge is 0.493 e. The highest BCUT2D eigenvalue weighted by Crippen LogP contribution is 2.49. The van der Waals surface area contributed by atoms with Crippen LogP contribution in [0, 0.1) is 0 Å². The van der Waals surface area contributed by atoms with E-state index in [1.807, 2.05) is 24.3 Å². The first kappa shape index (κ1) is 19.9. The molecule has 0 unspecified atom stereocenters. The Bertz CT molecular complexity index is 1140. The highest BCUT2D eigenvalue weighted by molar-refractivity contribution is 6.20. The van der Waals surface area contributed by atoms with Crippen molar-refractivity contribution < 1.29 is 28.5 Å². The summed E-state index contributed by atoms with van der Waals surface area (Å²) in [5, 5.41) is 3.64. The van der Waals surface area contributed by atoms with Crippen molar-refractivity contribution in [3.05, 3.63) is 29.8 Å². The molecule has 0 saturated heterocycles. The number of benzene rings is 3. The van der Waals surface area contributed by atoms with Crippen LogP contribution in [-0.4, -0.2) is 47.7 Å². The first-order valence-electron chi connectivity index (χ1n) is 9.78. The molecular weight excluding hydrogens is 386 g/mol. The Labute approximate surface area is 175 Å². The van der Waals surface area contributed by atoms with Gasteiger partial charge in [0.15, 0.2) is 23.0 Å². The molecule has 3 aromatic rings. The number of nitrogens with zero attached hydrogens (tertiary/aromatic N) is 1. The minimum Gasteiger partial charge on any atom is -0.493 e. The fraction of sp³-hybridized carbons (Fsp3) is 0.348. The second-order valence-electron chi connectivity index (χ2n) is 6.95. The van der Waals surface area contributed by atoms with Crippen molar-refractivity contribution in [1.82, 2.24) is 0 Å². The van der Waals surface area contributed by atoms with Gasteiger partial charge < -0.3 is 23.7 Å². The van der Waals surface area contributed by atoms with Gasteiger partial charge in [-0.3, -0.25) is 4.90 Å². The van der Waals surface area contributed by atoms with E-state index in [2.05, 4.69) is 0 Å². The van der Waals surface area contributed by atoms with Gasteiger partial charge in [0.2, 0.25) is 0 Å². The molecule has 7 nitrogen and oxygen atoms in total. The fourth-order valence-corrected chi connectivity index (χ4v) is 4.20. The van der Waals surface area contributed by atoms with Crippen LogP contribution in [0.5, 0.6) is 23.0 Å². The van der Waals surface area contributed by atoms with Crippen LogP contribution in [0.15, 0.2) is 24.3 Å². The number of fused-ring (bicyclic) bond motifs is 2. The molecule has 1 aliphatic heterocycles. The van der Waals surface area contributed by atoms with E-state index in [9.17, 15) is 4.79 Å². The maximum Gasteiger partial charge on any atom is 0.414 e. The lowest BCUT2D eigenvalue weighted by atomic mass is 9.91. The molecule has 1 heterocycles. The van der Waals surface area contributed by atoms with Gasteiger partial charge in [0.1, 0.15) is 0 Å². The Morgan fingerprint density at radius 1 is 0.900 bits per heavy atom. The van der Waals surface area contributed by atoms with Gasteiger partial charge in [-0.15, -0.1) is 0 Å². The molecule has 0 fully saturated rings. The SMILES string of the molecule is CCOC(=O)N1CCc2cc(OC)c(OC)c3c2c1cc1cc(OC)c(OC)cc13. The van der Waals surface area contributed by atoms with Crippen LogP contribution in [0.4, 0.5) is 10.5 Å². The Hall–Kier alpha value is -3.35. The van der Waals surface area contributed by atoms with E-state index < -0.39 is 0 Å². The van der Waals surface area contributed by atoms with E-state index in [4.69, 9.17) is 23.7 Å². The number of hydrogen-bond acceptors (Lipinski definition) is 6. The molecule has 0 saturated carbocycles. The maximum absolute atomic E-state index is 12.7. The van der Waals surface area contributed by atoms with Gasteiger partial charge in [-0.05, 0) is 53.9 Å². The predicted molar refractivity (Wildman–Crippen MR) is 116 cm³/mol. The van der Waals surface area contributed by atoms with E-state index in [0.29, 0.717) is 42.6 Å². The summed E-state index contributed by atoms with van der Waals surface area (Å²) >= 11 is 0. The lowest BCUT2D eigenvalue weighted by Crippen LogP contribution is -2.35. The van der Waals surface area contributed by atoms with Gasteiger partial charge in [-0.2, -0.15) is 0 Å². The van der Waals surface area contributed by atoms with Crippen LogP contribution in [-0.2, 0) is 11.2 Å². The van der Waals surface area contributed by atoms with Crippen molar-refractivity contribution >= 4 is 33.3 Å². The number of carbonyl (C=O) groups excluding carboxylic acids is 1. The zero-order chi connectivity index (χ0) is 21.4. The molecule has 4 rings (SSSR count). The molecule has 0 radical (unpaired) electrons. The lowest BCUT2D eigenvalue weighted by Gasteiger charge is -2.30. The molecule has 158 valence electrons. The summed E-state index contributed by atoms with van der Waals surface area (Å²) in [6, 6.07) is 7.81. The molecule has 1 amide bonds. The second kappa shape index (κ2) is 7.82. The lowest BCUT2D eigenvalue weighted by molar-refractivity contribution is 0.159. The smallest absolute Gasteiger partial charge is 0.414 e. The summed E-state index contributed by atoms with van der Waals surface area (Å²) < 4.78 is 27.7. The van der Waals surface area contributed by atoms with E-state index in [1.165, 1.54) is 0 Å². The highest BCUT2D eigenvalue weighted by Gasteiger charge is 2.29. The van der Waals surface area contributed by atoms with Crippen LogP contribution >= 0.6 is 0 Å². The summed E-state index contributed by atoms with van der Waals surface area (Å²) in [5.74, 6) is 2.49. The van der Waals surface area contributed by atoms with Gasteiger partial charge >= 0.3 is 6.09 Å². The zero-order valence-corrected chi connectivity index (χ0v) is 17.8. The van der Waals surface area contributed by atoms with Gasteiger partial charge in [0, 0.05) is 17.3 Å². The molecular formula is C23H25NO6. The fourth-order valence-electron chi connectivity index (χ4n) is 4.20. The summed E-state index contributed by atoms with van der Waals surface area (Å²) in [4.78, 5) is 14.4. The molecule has 0 N–H and O–H groups in total. The van der Waals surface area contributed by atoms with Crippen molar-refractivity contribution in [2.24, 2.45) is 0 Å². The predicted octanol–water partition coefficient (Wildman–Crippen LogP) is 4.55. The number of amides is 1. The van der Waals surface area contributed by atoms with E-state index in [1.54, 1.807) is 40.3 Å². The first-order valence-corrected chi connectivity index (χ1v) is 9.78. The Morgan fingerprint density at radius 2 is 1.60 bits per heavy atom. The molecule has 30 heavy (non-hydrogen) atoms. The number of ether oxygens (including phenoxy) is 5. The Kier molecular flexibility index (Phi) is 5.20. The van der Waals surface area contributed by atoms with E-state index in [-0.39, 0.29) is 6.09 Å². The molecule has 0 aromatic heterocycles. The quantitative estimate of drug-likeness (QED) is 0.574. The normalized spacial score (nSPS) is 12.8. The molecule has 1 aliphatic rings. The number of carbonyl (C=O) groups is 1. The maximum atomic E-state index is 12.7.